The second-order valence-corrected chi connectivity index (χ2v) is 7.63. The summed E-state index contributed by atoms with van der Waals surface area (Å²) in [5.41, 5.74) is -1.91. The van der Waals surface area contributed by atoms with E-state index in [1.54, 1.807) is 0 Å². The standard InChI is InChI=1S/C15H26O3/c1-10-5-8-15-13(4,17)7-6-11(12(2,3)16)9-14(10,15)18-15/h10-11,16-17H,5-9H2,1-4H3/t10-,11+,13+,14+,15+/m0/s1. The van der Waals surface area contributed by atoms with Crippen LogP contribution in [0.5, 0.6) is 0 Å². The summed E-state index contributed by atoms with van der Waals surface area (Å²) in [5, 5.41) is 21.2. The monoisotopic (exact) mass is 254 g/mol. The lowest BCUT2D eigenvalue weighted by Crippen LogP contribution is -2.44. The van der Waals surface area contributed by atoms with Gasteiger partial charge in [0.1, 0.15) is 11.2 Å². The normalized spacial score (nSPS) is 55.7. The number of epoxide rings is 1. The first-order valence-electron chi connectivity index (χ1n) is 7.30. The molecule has 2 saturated carbocycles. The molecule has 18 heavy (non-hydrogen) atoms. The molecule has 0 unspecified atom stereocenters. The minimum Gasteiger partial charge on any atom is -0.390 e. The van der Waals surface area contributed by atoms with Gasteiger partial charge in [0, 0.05) is 0 Å². The van der Waals surface area contributed by atoms with Crippen LogP contribution >= 0.6 is 0 Å². The lowest BCUT2D eigenvalue weighted by molar-refractivity contribution is -0.0546. The Morgan fingerprint density at radius 3 is 2.50 bits per heavy atom. The number of rotatable bonds is 1. The number of hydrogen-bond donors (Lipinski definition) is 2. The third-order valence-electron chi connectivity index (χ3n) is 6.12. The molecule has 2 N–H and O–H groups in total. The zero-order valence-electron chi connectivity index (χ0n) is 12.0. The SMILES string of the molecule is C[C@H]1CC[C@]23O[C@]12C[C@H](C(C)(C)O)CC[C@@]3(C)O. The van der Waals surface area contributed by atoms with Crippen LogP contribution in [0.4, 0.5) is 0 Å². The summed E-state index contributed by atoms with van der Waals surface area (Å²) >= 11 is 0. The average Bonchev–Trinajstić information content (AvgIpc) is 2.84. The molecule has 5 atom stereocenters. The van der Waals surface area contributed by atoms with Crippen LogP contribution in [0.15, 0.2) is 0 Å². The predicted octanol–water partition coefficient (Wildman–Crippen LogP) is 2.25. The van der Waals surface area contributed by atoms with Crippen molar-refractivity contribution in [1.29, 1.82) is 0 Å². The van der Waals surface area contributed by atoms with Gasteiger partial charge in [-0.05, 0) is 64.7 Å². The maximum Gasteiger partial charge on any atom is 0.126 e. The van der Waals surface area contributed by atoms with Crippen molar-refractivity contribution in [3.63, 3.8) is 0 Å². The fourth-order valence-corrected chi connectivity index (χ4v) is 4.67. The molecule has 0 radical (unpaired) electrons. The van der Waals surface area contributed by atoms with Crippen molar-refractivity contribution in [3.8, 4) is 0 Å². The Labute approximate surface area is 110 Å². The number of ether oxygens (including phenoxy) is 1. The molecule has 0 spiro atoms. The highest BCUT2D eigenvalue weighted by molar-refractivity contribution is 5.30. The first kappa shape index (κ1) is 12.9. The van der Waals surface area contributed by atoms with E-state index < -0.39 is 11.2 Å². The highest BCUT2D eigenvalue weighted by Crippen LogP contribution is 2.71. The fourth-order valence-electron chi connectivity index (χ4n) is 4.67. The van der Waals surface area contributed by atoms with Crippen LogP contribution in [0, 0.1) is 11.8 Å². The summed E-state index contributed by atoms with van der Waals surface area (Å²) in [6.45, 7) is 7.94. The molecule has 1 aliphatic heterocycles. The smallest absolute Gasteiger partial charge is 0.126 e. The highest BCUT2D eigenvalue weighted by Gasteiger charge is 2.82. The van der Waals surface area contributed by atoms with E-state index in [1.807, 2.05) is 20.8 Å². The molecule has 0 amide bonds. The van der Waals surface area contributed by atoms with Crippen LogP contribution in [0.25, 0.3) is 0 Å². The third kappa shape index (κ3) is 1.36. The minimum atomic E-state index is -0.738. The van der Waals surface area contributed by atoms with Crippen molar-refractivity contribution >= 4 is 0 Å². The minimum absolute atomic E-state index is 0.169. The summed E-state index contributed by atoms with van der Waals surface area (Å²) in [4.78, 5) is 0. The van der Waals surface area contributed by atoms with Crippen LogP contribution in [0.3, 0.4) is 0 Å². The zero-order chi connectivity index (χ0) is 13.4. The Bertz CT molecular complexity index is 370. The van der Waals surface area contributed by atoms with Crippen molar-refractivity contribution < 1.29 is 14.9 Å². The Morgan fingerprint density at radius 1 is 1.22 bits per heavy atom. The molecule has 3 fully saturated rings. The lowest BCUT2D eigenvalue weighted by Gasteiger charge is -2.32. The molecule has 3 aliphatic rings. The van der Waals surface area contributed by atoms with E-state index in [1.165, 1.54) is 0 Å². The molecular formula is C15H26O3. The molecule has 104 valence electrons. The molecule has 0 aromatic heterocycles. The molecule has 0 bridgehead atoms. The van der Waals surface area contributed by atoms with Crippen molar-refractivity contribution in [3.05, 3.63) is 0 Å². The van der Waals surface area contributed by atoms with E-state index >= 15 is 0 Å². The van der Waals surface area contributed by atoms with Gasteiger partial charge >= 0.3 is 0 Å². The van der Waals surface area contributed by atoms with Gasteiger partial charge in [-0.15, -0.1) is 0 Å². The summed E-state index contributed by atoms with van der Waals surface area (Å²) in [7, 11) is 0. The van der Waals surface area contributed by atoms with E-state index in [9.17, 15) is 10.2 Å². The van der Waals surface area contributed by atoms with Gasteiger partial charge in [-0.1, -0.05) is 6.92 Å². The Hall–Kier alpha value is -0.120. The lowest BCUT2D eigenvalue weighted by atomic mass is 9.76. The molecule has 1 saturated heterocycles. The van der Waals surface area contributed by atoms with Gasteiger partial charge in [-0.3, -0.25) is 0 Å². The molecule has 0 aromatic carbocycles. The molecule has 1 heterocycles. The van der Waals surface area contributed by atoms with Gasteiger partial charge in [-0.25, -0.2) is 0 Å². The quantitative estimate of drug-likeness (QED) is 0.706. The molecule has 2 aliphatic carbocycles. The largest absolute Gasteiger partial charge is 0.390 e. The molecule has 3 heteroatoms. The number of aliphatic hydroxyl groups is 2. The van der Waals surface area contributed by atoms with Gasteiger partial charge < -0.3 is 14.9 Å². The van der Waals surface area contributed by atoms with Crippen LogP contribution < -0.4 is 0 Å². The molecule has 3 nitrogen and oxygen atoms in total. The first-order valence-corrected chi connectivity index (χ1v) is 7.30. The van der Waals surface area contributed by atoms with Gasteiger partial charge in [0.15, 0.2) is 0 Å². The Balaban J connectivity index is 1.97. The fraction of sp³-hybridized carbons (Fsp3) is 1.00. The van der Waals surface area contributed by atoms with Gasteiger partial charge in [0.2, 0.25) is 0 Å². The van der Waals surface area contributed by atoms with Crippen LogP contribution in [0.2, 0.25) is 0 Å². The summed E-state index contributed by atoms with van der Waals surface area (Å²) in [6.07, 6.45) is 4.62. The summed E-state index contributed by atoms with van der Waals surface area (Å²) in [5.74, 6) is 0.709. The van der Waals surface area contributed by atoms with Crippen molar-refractivity contribution in [2.75, 3.05) is 0 Å². The van der Waals surface area contributed by atoms with E-state index in [-0.39, 0.29) is 17.1 Å². The topological polar surface area (TPSA) is 53.0 Å². The maximum atomic E-state index is 10.8. The van der Waals surface area contributed by atoms with Gasteiger partial charge in [0.25, 0.3) is 0 Å². The van der Waals surface area contributed by atoms with Crippen molar-refractivity contribution in [2.24, 2.45) is 11.8 Å². The average molecular weight is 254 g/mol. The second-order valence-electron chi connectivity index (χ2n) is 7.63. The van der Waals surface area contributed by atoms with Crippen LogP contribution in [-0.4, -0.2) is 32.6 Å². The highest BCUT2D eigenvalue weighted by atomic mass is 16.6. The van der Waals surface area contributed by atoms with Crippen LogP contribution in [0.1, 0.15) is 59.8 Å². The van der Waals surface area contributed by atoms with Gasteiger partial charge in [-0.2, -0.15) is 0 Å². The predicted molar refractivity (Wildman–Crippen MR) is 69.2 cm³/mol. The van der Waals surface area contributed by atoms with Gasteiger partial charge in [0.05, 0.1) is 11.2 Å². The first-order chi connectivity index (χ1) is 8.15. The Kier molecular flexibility index (Phi) is 2.37. The molecular weight excluding hydrogens is 228 g/mol. The van der Waals surface area contributed by atoms with E-state index in [0.29, 0.717) is 5.92 Å². The molecule has 3 rings (SSSR count). The summed E-state index contributed by atoms with van der Waals surface area (Å²) in [6, 6.07) is 0. The van der Waals surface area contributed by atoms with E-state index in [2.05, 4.69) is 6.92 Å². The number of hydrogen-bond acceptors (Lipinski definition) is 3. The Morgan fingerprint density at radius 2 is 1.89 bits per heavy atom. The maximum absolute atomic E-state index is 10.8. The van der Waals surface area contributed by atoms with E-state index in [4.69, 9.17) is 4.74 Å². The molecule has 0 aromatic rings. The van der Waals surface area contributed by atoms with Crippen molar-refractivity contribution in [1.82, 2.24) is 0 Å². The van der Waals surface area contributed by atoms with Crippen molar-refractivity contribution in [2.45, 2.75) is 82.2 Å². The zero-order valence-corrected chi connectivity index (χ0v) is 12.0. The third-order valence-corrected chi connectivity index (χ3v) is 6.12. The van der Waals surface area contributed by atoms with Crippen LogP contribution in [-0.2, 0) is 4.74 Å². The summed E-state index contributed by atoms with van der Waals surface area (Å²) < 4.78 is 6.16. The second kappa shape index (κ2) is 3.31. The van der Waals surface area contributed by atoms with E-state index in [0.717, 1.165) is 32.1 Å².